The first-order valence-corrected chi connectivity index (χ1v) is 4.47. The van der Waals surface area contributed by atoms with Crippen molar-refractivity contribution in [3.8, 4) is 0 Å². The molecule has 0 amide bonds. The van der Waals surface area contributed by atoms with Crippen molar-refractivity contribution in [2.24, 2.45) is 7.05 Å². The van der Waals surface area contributed by atoms with E-state index in [-0.39, 0.29) is 0 Å². The van der Waals surface area contributed by atoms with Gasteiger partial charge >= 0.3 is 0 Å². The minimum absolute atomic E-state index is 0.412. The normalized spacial score (nSPS) is 14.6. The van der Waals surface area contributed by atoms with E-state index < -0.39 is 0 Å². The molecule has 0 bridgehead atoms. The maximum Gasteiger partial charge on any atom is 0.0948 e. The van der Waals surface area contributed by atoms with E-state index in [1.54, 1.807) is 0 Å². The lowest BCUT2D eigenvalue weighted by molar-refractivity contribution is 0.695. The highest BCUT2D eigenvalue weighted by atomic mass is 15.0. The van der Waals surface area contributed by atoms with E-state index in [9.17, 15) is 0 Å². The third-order valence-electron chi connectivity index (χ3n) is 2.35. The quantitative estimate of drug-likeness (QED) is 0.760. The van der Waals surface area contributed by atoms with Crippen LogP contribution in [0.15, 0.2) is 18.1 Å². The lowest BCUT2D eigenvalue weighted by Crippen LogP contribution is -2.22. The van der Waals surface area contributed by atoms with Gasteiger partial charge in [0.05, 0.1) is 18.2 Å². The molecule has 72 valence electrons. The molecule has 13 heavy (non-hydrogen) atoms. The lowest BCUT2D eigenvalue weighted by Gasteiger charge is -2.10. The predicted molar refractivity (Wildman–Crippen MR) is 55.4 cm³/mol. The molecule has 0 fully saturated rings. The van der Waals surface area contributed by atoms with E-state index in [0.717, 1.165) is 5.69 Å². The fourth-order valence-corrected chi connectivity index (χ4v) is 1.09. The summed E-state index contributed by atoms with van der Waals surface area (Å²) in [5, 5.41) is 3.20. The molecule has 0 spiro atoms. The third-order valence-corrected chi connectivity index (χ3v) is 2.35. The van der Waals surface area contributed by atoms with Crippen molar-refractivity contribution in [1.82, 2.24) is 14.9 Å². The zero-order chi connectivity index (χ0) is 9.84. The highest BCUT2D eigenvalue weighted by Crippen LogP contribution is 2.07. The van der Waals surface area contributed by atoms with Crippen molar-refractivity contribution in [2.75, 3.05) is 7.05 Å². The van der Waals surface area contributed by atoms with Gasteiger partial charge in [0.1, 0.15) is 0 Å². The first-order chi connectivity index (χ1) is 6.15. The number of nitrogens with zero attached hydrogens (tertiary/aromatic N) is 2. The average molecular weight is 179 g/mol. The molecule has 0 aliphatic rings. The molecule has 0 aliphatic heterocycles. The van der Waals surface area contributed by atoms with Crippen LogP contribution in [0.2, 0.25) is 0 Å². The summed E-state index contributed by atoms with van der Waals surface area (Å²) in [6.45, 7) is 4.26. The molecule has 0 aromatic carbocycles. The lowest BCUT2D eigenvalue weighted by atomic mass is 10.1. The van der Waals surface area contributed by atoms with E-state index >= 15 is 0 Å². The highest BCUT2D eigenvalue weighted by Gasteiger charge is 2.01. The van der Waals surface area contributed by atoms with Crippen LogP contribution in [0.3, 0.4) is 0 Å². The first-order valence-electron chi connectivity index (χ1n) is 4.47. The molecule has 0 aliphatic carbocycles. The Balaban J connectivity index is 2.82. The Morgan fingerprint density at radius 1 is 1.69 bits per heavy atom. The van der Waals surface area contributed by atoms with Crippen LogP contribution in [0.5, 0.6) is 0 Å². The van der Waals surface area contributed by atoms with E-state index in [1.807, 2.05) is 31.2 Å². The summed E-state index contributed by atoms with van der Waals surface area (Å²) in [7, 11) is 3.96. The molecule has 1 aromatic heterocycles. The van der Waals surface area contributed by atoms with Crippen LogP contribution < -0.4 is 5.32 Å². The summed E-state index contributed by atoms with van der Waals surface area (Å²) in [5.41, 5.74) is 2.45. The summed E-state index contributed by atoms with van der Waals surface area (Å²) in [4.78, 5) is 4.06. The van der Waals surface area contributed by atoms with Crippen LogP contribution in [0.1, 0.15) is 19.5 Å². The summed E-state index contributed by atoms with van der Waals surface area (Å²) >= 11 is 0. The number of rotatable bonds is 3. The van der Waals surface area contributed by atoms with Gasteiger partial charge < -0.3 is 9.88 Å². The van der Waals surface area contributed by atoms with E-state index in [2.05, 4.69) is 30.2 Å². The molecule has 1 rings (SSSR count). The topological polar surface area (TPSA) is 29.9 Å². The fraction of sp³-hybridized carbons (Fsp3) is 0.500. The largest absolute Gasteiger partial charge is 0.334 e. The van der Waals surface area contributed by atoms with Gasteiger partial charge in [0.25, 0.3) is 0 Å². The minimum Gasteiger partial charge on any atom is -0.334 e. The Kier molecular flexibility index (Phi) is 3.25. The van der Waals surface area contributed by atoms with E-state index in [4.69, 9.17) is 0 Å². The van der Waals surface area contributed by atoms with E-state index in [0.29, 0.717) is 6.04 Å². The Bertz CT molecular complexity index is 299. The molecular weight excluding hydrogens is 162 g/mol. The minimum atomic E-state index is 0.412. The van der Waals surface area contributed by atoms with Crippen LogP contribution >= 0.6 is 0 Å². The van der Waals surface area contributed by atoms with Crippen molar-refractivity contribution in [3.63, 3.8) is 0 Å². The first kappa shape index (κ1) is 9.99. The van der Waals surface area contributed by atoms with Gasteiger partial charge in [-0.3, -0.25) is 0 Å². The maximum atomic E-state index is 4.06. The van der Waals surface area contributed by atoms with Gasteiger partial charge in [-0.2, -0.15) is 0 Å². The molecule has 1 heterocycles. The van der Waals surface area contributed by atoms with Crippen molar-refractivity contribution >= 4 is 6.08 Å². The molecule has 1 N–H and O–H groups in total. The standard InChI is InChI=1S/C10H17N3/c1-8(9(2)11-3)5-10-6-12-7-13(10)4/h5-7,9,11H,1-4H3. The monoisotopic (exact) mass is 179 g/mol. The van der Waals surface area contributed by atoms with Gasteiger partial charge in [0.2, 0.25) is 0 Å². The Morgan fingerprint density at radius 2 is 2.38 bits per heavy atom. The summed E-state index contributed by atoms with van der Waals surface area (Å²) in [5.74, 6) is 0. The van der Waals surface area contributed by atoms with Crippen molar-refractivity contribution < 1.29 is 0 Å². The molecule has 1 aromatic rings. The van der Waals surface area contributed by atoms with Crippen molar-refractivity contribution in [1.29, 1.82) is 0 Å². The van der Waals surface area contributed by atoms with E-state index in [1.165, 1.54) is 5.57 Å². The SMILES string of the molecule is CNC(C)C(C)=Cc1cncn1C. The second-order valence-electron chi connectivity index (χ2n) is 3.33. The highest BCUT2D eigenvalue weighted by molar-refractivity contribution is 5.49. The van der Waals surface area contributed by atoms with Crippen LogP contribution in [0.4, 0.5) is 0 Å². The number of nitrogens with one attached hydrogen (secondary N) is 1. The van der Waals surface area contributed by atoms with Crippen LogP contribution in [0, 0.1) is 0 Å². The van der Waals surface area contributed by atoms with Gasteiger partial charge in [0.15, 0.2) is 0 Å². The molecule has 3 heteroatoms. The molecule has 0 saturated heterocycles. The average Bonchev–Trinajstić information content (AvgIpc) is 2.50. The van der Waals surface area contributed by atoms with Crippen LogP contribution in [0.25, 0.3) is 6.08 Å². The zero-order valence-electron chi connectivity index (χ0n) is 8.70. The number of imidazole rings is 1. The molecule has 1 unspecified atom stereocenters. The fourth-order valence-electron chi connectivity index (χ4n) is 1.09. The smallest absolute Gasteiger partial charge is 0.0948 e. The predicted octanol–water partition coefficient (Wildman–Crippen LogP) is 1.43. The molecule has 3 nitrogen and oxygen atoms in total. The Labute approximate surface area is 79.5 Å². The van der Waals surface area contributed by atoms with Crippen molar-refractivity contribution in [2.45, 2.75) is 19.9 Å². The number of likely N-dealkylation sites (N-methyl/N-ethyl adjacent to an activating group) is 1. The second kappa shape index (κ2) is 4.23. The number of aromatic nitrogens is 2. The van der Waals surface area contributed by atoms with Crippen LogP contribution in [-0.4, -0.2) is 22.6 Å². The second-order valence-corrected chi connectivity index (χ2v) is 3.33. The van der Waals surface area contributed by atoms with Gasteiger partial charge in [-0.25, -0.2) is 4.98 Å². The maximum absolute atomic E-state index is 4.06. The van der Waals surface area contributed by atoms with Gasteiger partial charge in [0, 0.05) is 13.1 Å². The number of hydrogen-bond donors (Lipinski definition) is 1. The molecular formula is C10H17N3. The zero-order valence-corrected chi connectivity index (χ0v) is 8.70. The van der Waals surface area contributed by atoms with Gasteiger partial charge in [-0.05, 0) is 27.0 Å². The number of hydrogen-bond acceptors (Lipinski definition) is 2. The van der Waals surface area contributed by atoms with Gasteiger partial charge in [-0.15, -0.1) is 0 Å². The van der Waals surface area contributed by atoms with Gasteiger partial charge in [-0.1, -0.05) is 5.57 Å². The third kappa shape index (κ3) is 2.42. The van der Waals surface area contributed by atoms with Crippen LogP contribution in [-0.2, 0) is 7.05 Å². The Morgan fingerprint density at radius 3 is 2.85 bits per heavy atom. The molecule has 1 atom stereocenters. The summed E-state index contributed by atoms with van der Waals surface area (Å²) < 4.78 is 2.01. The number of aryl methyl sites for hydroxylation is 1. The summed E-state index contributed by atoms with van der Waals surface area (Å²) in [6.07, 6.45) is 5.82. The van der Waals surface area contributed by atoms with Crippen molar-refractivity contribution in [3.05, 3.63) is 23.8 Å². The molecule has 0 saturated carbocycles. The Hall–Kier alpha value is -1.09. The summed E-state index contributed by atoms with van der Waals surface area (Å²) in [6, 6.07) is 0.412. The molecule has 0 radical (unpaired) electrons.